The predicted octanol–water partition coefficient (Wildman–Crippen LogP) is 4.16. The summed E-state index contributed by atoms with van der Waals surface area (Å²) in [5.74, 6) is 0.478. The van der Waals surface area contributed by atoms with Crippen molar-refractivity contribution in [2.75, 3.05) is 45.9 Å². The molecule has 2 amide bonds. The van der Waals surface area contributed by atoms with Crippen molar-refractivity contribution in [1.82, 2.24) is 15.1 Å². The third-order valence-electron chi connectivity index (χ3n) is 6.93. The maximum atomic E-state index is 13.2. The summed E-state index contributed by atoms with van der Waals surface area (Å²) in [6, 6.07) is 16.2. The Morgan fingerprint density at radius 3 is 2.35 bits per heavy atom. The smallest absolute Gasteiger partial charge is 0.253 e. The number of nitrogens with zero attached hydrogens (tertiary/aromatic N) is 2. The van der Waals surface area contributed by atoms with E-state index in [0.29, 0.717) is 16.5 Å². The molecule has 1 unspecified atom stereocenters. The number of rotatable bonds is 8. The number of amides is 2. The summed E-state index contributed by atoms with van der Waals surface area (Å²) in [6.07, 6.45) is 3.50. The molecular weight excluding hydrogens is 450 g/mol. The van der Waals surface area contributed by atoms with E-state index in [2.05, 4.69) is 10.2 Å². The highest BCUT2D eigenvalue weighted by Crippen LogP contribution is 2.25. The van der Waals surface area contributed by atoms with E-state index in [-0.39, 0.29) is 18.2 Å². The summed E-state index contributed by atoms with van der Waals surface area (Å²) < 4.78 is 5.43. The number of hydrogen-bond donors (Lipinski definition) is 1. The molecule has 2 heterocycles. The highest BCUT2D eigenvalue weighted by Gasteiger charge is 2.27. The van der Waals surface area contributed by atoms with Gasteiger partial charge in [0.1, 0.15) is 0 Å². The lowest BCUT2D eigenvalue weighted by molar-refractivity contribution is -0.133. The zero-order valence-corrected chi connectivity index (χ0v) is 20.4. The summed E-state index contributed by atoms with van der Waals surface area (Å²) in [7, 11) is 0. The first-order valence-electron chi connectivity index (χ1n) is 12.3. The Labute approximate surface area is 207 Å². The van der Waals surface area contributed by atoms with Gasteiger partial charge in [-0.25, -0.2) is 0 Å². The Kier molecular flexibility index (Phi) is 8.97. The van der Waals surface area contributed by atoms with E-state index in [9.17, 15) is 9.59 Å². The molecule has 4 rings (SSSR count). The molecule has 2 aliphatic rings. The average Bonchev–Trinajstić information content (AvgIpc) is 2.88. The van der Waals surface area contributed by atoms with Crippen molar-refractivity contribution in [3.05, 3.63) is 70.7 Å². The van der Waals surface area contributed by atoms with Crippen LogP contribution in [0.2, 0.25) is 5.02 Å². The number of ether oxygens (including phenoxy) is 1. The fraction of sp³-hybridized carbons (Fsp3) is 0.481. The topological polar surface area (TPSA) is 61.9 Å². The van der Waals surface area contributed by atoms with Gasteiger partial charge in [-0.15, -0.1) is 0 Å². The Bertz CT molecular complexity index is 941. The zero-order valence-electron chi connectivity index (χ0n) is 19.6. The monoisotopic (exact) mass is 483 g/mol. The second kappa shape index (κ2) is 12.3. The van der Waals surface area contributed by atoms with Crippen molar-refractivity contribution in [1.29, 1.82) is 0 Å². The molecule has 2 aromatic rings. The third kappa shape index (κ3) is 6.81. The third-order valence-corrected chi connectivity index (χ3v) is 7.26. The molecule has 0 saturated carbocycles. The molecule has 1 atom stereocenters. The average molecular weight is 484 g/mol. The molecule has 0 spiro atoms. The van der Waals surface area contributed by atoms with Gasteiger partial charge >= 0.3 is 0 Å². The lowest BCUT2D eigenvalue weighted by atomic mass is 9.92. The minimum atomic E-state index is -0.406. The van der Waals surface area contributed by atoms with E-state index in [1.54, 1.807) is 24.3 Å². The van der Waals surface area contributed by atoms with Crippen LogP contribution in [0.4, 0.5) is 0 Å². The van der Waals surface area contributed by atoms with Gasteiger partial charge in [-0.1, -0.05) is 54.1 Å². The molecule has 6 nitrogen and oxygen atoms in total. The molecule has 182 valence electrons. The fourth-order valence-electron chi connectivity index (χ4n) is 4.78. The molecule has 2 fully saturated rings. The summed E-state index contributed by atoms with van der Waals surface area (Å²) in [6.45, 7) is 6.41. The van der Waals surface area contributed by atoms with Crippen LogP contribution in [0.1, 0.15) is 47.6 Å². The number of likely N-dealkylation sites (tertiary alicyclic amines) is 1. The Balaban J connectivity index is 1.32. The van der Waals surface area contributed by atoms with Crippen LogP contribution in [0, 0.1) is 5.92 Å². The van der Waals surface area contributed by atoms with Gasteiger partial charge < -0.3 is 15.0 Å². The largest absolute Gasteiger partial charge is 0.379 e. The van der Waals surface area contributed by atoms with Gasteiger partial charge in [0.15, 0.2) is 0 Å². The Morgan fingerprint density at radius 2 is 1.65 bits per heavy atom. The summed E-state index contributed by atoms with van der Waals surface area (Å²) in [5.41, 5.74) is 1.33. The van der Waals surface area contributed by atoms with Crippen LogP contribution in [0.3, 0.4) is 0 Å². The molecular formula is C27H34ClN3O3. The number of carbonyl (C=O) groups excluding carboxylic acids is 2. The molecule has 2 aliphatic heterocycles. The Morgan fingerprint density at radius 1 is 0.971 bits per heavy atom. The van der Waals surface area contributed by atoms with Gasteiger partial charge in [0, 0.05) is 26.2 Å². The minimum Gasteiger partial charge on any atom is -0.379 e. The summed E-state index contributed by atoms with van der Waals surface area (Å²) >= 11 is 6.22. The molecule has 0 aliphatic carbocycles. The minimum absolute atomic E-state index is 0.0833. The van der Waals surface area contributed by atoms with Gasteiger partial charge in [-0.2, -0.15) is 0 Å². The van der Waals surface area contributed by atoms with Gasteiger partial charge in [-0.3, -0.25) is 14.5 Å². The summed E-state index contributed by atoms with van der Waals surface area (Å²) in [5, 5.41) is 3.44. The molecule has 1 N–H and O–H groups in total. The molecule has 0 bridgehead atoms. The quantitative estimate of drug-likeness (QED) is 0.612. The van der Waals surface area contributed by atoms with Crippen molar-refractivity contribution in [2.45, 2.75) is 31.7 Å². The number of morpholine rings is 1. The first-order valence-corrected chi connectivity index (χ1v) is 12.7. The van der Waals surface area contributed by atoms with Gasteiger partial charge in [0.2, 0.25) is 5.91 Å². The van der Waals surface area contributed by atoms with E-state index in [1.165, 1.54) is 6.42 Å². The predicted molar refractivity (Wildman–Crippen MR) is 134 cm³/mol. The molecule has 2 aromatic carbocycles. The maximum Gasteiger partial charge on any atom is 0.253 e. The molecule has 0 radical (unpaired) electrons. The molecule has 2 saturated heterocycles. The first kappa shape index (κ1) is 24.7. The second-order valence-corrected chi connectivity index (χ2v) is 9.59. The van der Waals surface area contributed by atoms with E-state index in [0.717, 1.165) is 64.3 Å². The standard InChI is InChI=1S/C27H34ClN3O3/c28-24-9-5-4-8-23(24)27(33)29-25(22-6-2-1-3-7-22)20-26(32)31-14-11-21(12-15-31)10-13-30-16-18-34-19-17-30/h1-9,21,25H,10-20H2,(H,29,33). The van der Waals surface area contributed by atoms with Crippen molar-refractivity contribution >= 4 is 23.4 Å². The molecule has 34 heavy (non-hydrogen) atoms. The van der Waals surface area contributed by atoms with Crippen LogP contribution in [-0.2, 0) is 9.53 Å². The van der Waals surface area contributed by atoms with Gasteiger partial charge in [-0.05, 0) is 49.4 Å². The van der Waals surface area contributed by atoms with Crippen LogP contribution >= 0.6 is 11.6 Å². The number of benzene rings is 2. The van der Waals surface area contributed by atoms with E-state index in [1.807, 2.05) is 35.2 Å². The number of nitrogens with one attached hydrogen (secondary N) is 1. The van der Waals surface area contributed by atoms with Gasteiger partial charge in [0.25, 0.3) is 5.91 Å². The van der Waals surface area contributed by atoms with E-state index in [4.69, 9.17) is 16.3 Å². The van der Waals surface area contributed by atoms with Crippen molar-refractivity contribution in [3.63, 3.8) is 0 Å². The molecule has 7 heteroatoms. The number of carbonyl (C=O) groups is 2. The highest BCUT2D eigenvalue weighted by molar-refractivity contribution is 6.33. The SMILES string of the molecule is O=C(NC(CC(=O)N1CCC(CCN2CCOCC2)CC1)c1ccccc1)c1ccccc1Cl. The number of piperidine rings is 1. The van der Waals surface area contributed by atoms with Crippen molar-refractivity contribution in [2.24, 2.45) is 5.92 Å². The van der Waals surface area contributed by atoms with Crippen LogP contribution < -0.4 is 5.32 Å². The van der Waals surface area contributed by atoms with E-state index >= 15 is 0 Å². The van der Waals surface area contributed by atoms with Crippen molar-refractivity contribution in [3.8, 4) is 0 Å². The van der Waals surface area contributed by atoms with E-state index < -0.39 is 6.04 Å². The zero-order chi connectivity index (χ0) is 23.8. The van der Waals surface area contributed by atoms with Crippen LogP contribution in [-0.4, -0.2) is 67.6 Å². The molecule has 0 aromatic heterocycles. The lowest BCUT2D eigenvalue weighted by Crippen LogP contribution is -2.42. The fourth-order valence-corrected chi connectivity index (χ4v) is 5.01. The summed E-state index contributed by atoms with van der Waals surface area (Å²) in [4.78, 5) is 30.6. The number of halogens is 1. The maximum absolute atomic E-state index is 13.2. The lowest BCUT2D eigenvalue weighted by Gasteiger charge is -2.34. The first-order chi connectivity index (χ1) is 16.6. The van der Waals surface area contributed by atoms with Crippen LogP contribution in [0.5, 0.6) is 0 Å². The normalized spacial score (nSPS) is 18.4. The van der Waals surface area contributed by atoms with Crippen molar-refractivity contribution < 1.29 is 14.3 Å². The van der Waals surface area contributed by atoms with Crippen LogP contribution in [0.25, 0.3) is 0 Å². The highest BCUT2D eigenvalue weighted by atomic mass is 35.5. The van der Waals surface area contributed by atoms with Crippen LogP contribution in [0.15, 0.2) is 54.6 Å². The van der Waals surface area contributed by atoms with Gasteiger partial charge in [0.05, 0.1) is 36.3 Å². The Hall–Kier alpha value is -2.41. The number of hydrogen-bond acceptors (Lipinski definition) is 4. The second-order valence-electron chi connectivity index (χ2n) is 9.19.